The first kappa shape index (κ1) is 13.5. The van der Waals surface area contributed by atoms with E-state index in [0.717, 1.165) is 0 Å². The molecule has 0 bridgehead atoms. The van der Waals surface area contributed by atoms with E-state index in [1.54, 1.807) is 12.1 Å². The van der Waals surface area contributed by atoms with E-state index in [2.05, 4.69) is 5.32 Å². The Morgan fingerprint density at radius 2 is 2.06 bits per heavy atom. The molecule has 1 unspecified atom stereocenters. The van der Waals surface area contributed by atoms with Gasteiger partial charge in [-0.1, -0.05) is 18.2 Å². The van der Waals surface area contributed by atoms with E-state index in [1.807, 2.05) is 13.0 Å². The molecule has 1 aliphatic rings. The second-order valence-corrected chi connectivity index (χ2v) is 4.96. The highest BCUT2D eigenvalue weighted by atomic mass is 19.1. The summed E-state index contributed by atoms with van der Waals surface area (Å²) in [6.07, 6.45) is 1.26. The third-order valence-corrected chi connectivity index (χ3v) is 3.53. The Morgan fingerprint density at radius 1 is 1.39 bits per heavy atom. The van der Waals surface area contributed by atoms with Crippen LogP contribution in [0.1, 0.15) is 31.4 Å². The molecular weight excluding hydrogens is 233 g/mol. The van der Waals surface area contributed by atoms with Gasteiger partial charge in [0.2, 0.25) is 0 Å². The lowest BCUT2D eigenvalue weighted by Gasteiger charge is -2.33. The van der Waals surface area contributed by atoms with Crippen molar-refractivity contribution in [2.45, 2.75) is 31.4 Å². The molecule has 1 aromatic carbocycles. The van der Waals surface area contributed by atoms with Crippen LogP contribution in [-0.2, 0) is 4.74 Å². The van der Waals surface area contributed by atoms with Crippen LogP contribution >= 0.6 is 0 Å². The van der Waals surface area contributed by atoms with Crippen molar-refractivity contribution in [2.75, 3.05) is 19.8 Å². The maximum absolute atomic E-state index is 13.6. The van der Waals surface area contributed by atoms with Crippen LogP contribution in [0, 0.1) is 5.82 Å². The van der Waals surface area contributed by atoms with E-state index in [4.69, 9.17) is 4.74 Å². The lowest BCUT2D eigenvalue weighted by atomic mass is 9.94. The van der Waals surface area contributed by atoms with Crippen molar-refractivity contribution in [3.63, 3.8) is 0 Å². The number of hydrogen-bond acceptors (Lipinski definition) is 3. The molecule has 0 aromatic heterocycles. The molecule has 2 N–H and O–H groups in total. The van der Waals surface area contributed by atoms with Crippen molar-refractivity contribution < 1.29 is 14.2 Å². The van der Waals surface area contributed by atoms with Crippen LogP contribution in [0.25, 0.3) is 0 Å². The van der Waals surface area contributed by atoms with E-state index in [9.17, 15) is 9.50 Å². The van der Waals surface area contributed by atoms with E-state index in [-0.39, 0.29) is 11.9 Å². The summed E-state index contributed by atoms with van der Waals surface area (Å²) < 4.78 is 18.8. The van der Waals surface area contributed by atoms with E-state index < -0.39 is 5.60 Å². The maximum Gasteiger partial charge on any atom is 0.127 e. The fraction of sp³-hybridized carbons (Fsp3) is 0.571. The second-order valence-electron chi connectivity index (χ2n) is 4.96. The molecule has 0 aliphatic carbocycles. The van der Waals surface area contributed by atoms with Gasteiger partial charge in [0.1, 0.15) is 5.82 Å². The first-order valence-electron chi connectivity index (χ1n) is 6.39. The molecule has 1 fully saturated rings. The average molecular weight is 253 g/mol. The van der Waals surface area contributed by atoms with Crippen LogP contribution < -0.4 is 5.32 Å². The molecule has 1 aromatic rings. The number of benzene rings is 1. The lowest BCUT2D eigenvalue weighted by molar-refractivity contribution is -0.0626. The number of hydrogen-bond donors (Lipinski definition) is 2. The second kappa shape index (κ2) is 5.78. The van der Waals surface area contributed by atoms with Crippen molar-refractivity contribution in [3.05, 3.63) is 35.6 Å². The summed E-state index contributed by atoms with van der Waals surface area (Å²) >= 11 is 0. The summed E-state index contributed by atoms with van der Waals surface area (Å²) in [5.41, 5.74) is -0.0919. The van der Waals surface area contributed by atoms with Crippen LogP contribution in [0.4, 0.5) is 4.39 Å². The molecule has 0 amide bonds. The Hall–Kier alpha value is -0.970. The van der Waals surface area contributed by atoms with Crippen molar-refractivity contribution in [1.82, 2.24) is 5.32 Å². The molecule has 1 aliphatic heterocycles. The molecule has 18 heavy (non-hydrogen) atoms. The summed E-state index contributed by atoms with van der Waals surface area (Å²) in [5.74, 6) is -0.212. The first-order valence-corrected chi connectivity index (χ1v) is 6.39. The topological polar surface area (TPSA) is 41.5 Å². The van der Waals surface area contributed by atoms with E-state index >= 15 is 0 Å². The summed E-state index contributed by atoms with van der Waals surface area (Å²) in [5, 5.41) is 13.5. The van der Waals surface area contributed by atoms with Crippen LogP contribution in [-0.4, -0.2) is 30.5 Å². The normalized spacial score (nSPS) is 20.6. The highest BCUT2D eigenvalue weighted by molar-refractivity contribution is 5.20. The molecule has 1 heterocycles. The Morgan fingerprint density at radius 3 is 2.72 bits per heavy atom. The fourth-order valence-corrected chi connectivity index (χ4v) is 2.21. The predicted molar refractivity (Wildman–Crippen MR) is 67.8 cm³/mol. The third-order valence-electron chi connectivity index (χ3n) is 3.53. The van der Waals surface area contributed by atoms with Crippen LogP contribution in [0.2, 0.25) is 0 Å². The van der Waals surface area contributed by atoms with Gasteiger partial charge in [0.15, 0.2) is 0 Å². The zero-order valence-electron chi connectivity index (χ0n) is 10.7. The molecule has 0 spiro atoms. The standard InChI is InChI=1S/C14H20FNO2/c1-11(12-4-2-3-5-13(12)15)16-10-14(17)6-8-18-9-7-14/h2-5,11,16-17H,6-10H2,1H3. The minimum Gasteiger partial charge on any atom is -0.388 e. The zero-order valence-corrected chi connectivity index (χ0v) is 10.7. The van der Waals surface area contributed by atoms with Crippen LogP contribution in [0.15, 0.2) is 24.3 Å². The van der Waals surface area contributed by atoms with Gasteiger partial charge in [-0.25, -0.2) is 4.39 Å². The molecular formula is C14H20FNO2. The van der Waals surface area contributed by atoms with Gasteiger partial charge in [-0.15, -0.1) is 0 Å². The van der Waals surface area contributed by atoms with Gasteiger partial charge in [-0.2, -0.15) is 0 Å². The Bertz CT molecular complexity index is 391. The van der Waals surface area contributed by atoms with Crippen molar-refractivity contribution in [3.8, 4) is 0 Å². The lowest BCUT2D eigenvalue weighted by Crippen LogP contribution is -2.45. The first-order chi connectivity index (χ1) is 8.61. The summed E-state index contributed by atoms with van der Waals surface area (Å²) in [7, 11) is 0. The highest BCUT2D eigenvalue weighted by Crippen LogP contribution is 2.22. The Labute approximate surface area is 107 Å². The Kier molecular flexibility index (Phi) is 4.32. The number of ether oxygens (including phenoxy) is 1. The molecule has 1 atom stereocenters. The van der Waals surface area contributed by atoms with E-state index in [0.29, 0.717) is 38.2 Å². The van der Waals surface area contributed by atoms with Crippen molar-refractivity contribution >= 4 is 0 Å². The van der Waals surface area contributed by atoms with Gasteiger partial charge in [0, 0.05) is 44.2 Å². The van der Waals surface area contributed by atoms with Gasteiger partial charge in [0.05, 0.1) is 5.60 Å². The van der Waals surface area contributed by atoms with Gasteiger partial charge in [-0.05, 0) is 13.0 Å². The van der Waals surface area contributed by atoms with E-state index in [1.165, 1.54) is 6.07 Å². The Balaban J connectivity index is 1.92. The summed E-state index contributed by atoms with van der Waals surface area (Å²) in [6.45, 7) is 3.55. The number of halogens is 1. The third kappa shape index (κ3) is 3.28. The van der Waals surface area contributed by atoms with Gasteiger partial charge in [-0.3, -0.25) is 0 Å². The zero-order chi connectivity index (χ0) is 13.0. The number of aliphatic hydroxyl groups is 1. The monoisotopic (exact) mass is 253 g/mol. The summed E-state index contributed by atoms with van der Waals surface area (Å²) in [4.78, 5) is 0. The molecule has 0 saturated carbocycles. The molecule has 0 radical (unpaired) electrons. The predicted octanol–water partition coefficient (Wildman–Crippen LogP) is 2.02. The molecule has 2 rings (SSSR count). The van der Waals surface area contributed by atoms with Gasteiger partial charge >= 0.3 is 0 Å². The minimum atomic E-state index is -0.724. The fourth-order valence-electron chi connectivity index (χ4n) is 2.21. The molecule has 100 valence electrons. The van der Waals surface area contributed by atoms with Crippen LogP contribution in [0.5, 0.6) is 0 Å². The maximum atomic E-state index is 13.6. The average Bonchev–Trinajstić information content (AvgIpc) is 2.38. The molecule has 4 heteroatoms. The van der Waals surface area contributed by atoms with Crippen molar-refractivity contribution in [2.24, 2.45) is 0 Å². The summed E-state index contributed by atoms with van der Waals surface area (Å²) in [6, 6.07) is 6.60. The SMILES string of the molecule is CC(NCC1(O)CCOCC1)c1ccccc1F. The largest absolute Gasteiger partial charge is 0.388 e. The molecule has 1 saturated heterocycles. The quantitative estimate of drug-likeness (QED) is 0.862. The minimum absolute atomic E-state index is 0.113. The number of nitrogens with one attached hydrogen (secondary N) is 1. The van der Waals surface area contributed by atoms with Gasteiger partial charge < -0.3 is 15.2 Å². The van der Waals surface area contributed by atoms with Gasteiger partial charge in [0.25, 0.3) is 0 Å². The van der Waals surface area contributed by atoms with Crippen LogP contribution in [0.3, 0.4) is 0 Å². The van der Waals surface area contributed by atoms with Crippen molar-refractivity contribution in [1.29, 1.82) is 0 Å². The highest BCUT2D eigenvalue weighted by Gasteiger charge is 2.30. The number of rotatable bonds is 4. The smallest absolute Gasteiger partial charge is 0.127 e. The molecule has 3 nitrogen and oxygen atoms in total.